The van der Waals surface area contributed by atoms with Crippen LogP contribution in [0.25, 0.3) is 0 Å². The number of hydrogen-bond acceptors (Lipinski definition) is 5. The lowest BCUT2D eigenvalue weighted by atomic mass is 10.2. The number of piperazine rings is 1. The Balaban J connectivity index is 2.13. The fourth-order valence-electron chi connectivity index (χ4n) is 1.82. The van der Waals surface area contributed by atoms with Crippen LogP contribution in [0.15, 0.2) is 0 Å². The maximum Gasteiger partial charge on any atom is 0.305 e. The molecule has 1 amide bonds. The van der Waals surface area contributed by atoms with Gasteiger partial charge in [-0.1, -0.05) is 0 Å². The van der Waals surface area contributed by atoms with Gasteiger partial charge in [-0.05, 0) is 7.05 Å². The van der Waals surface area contributed by atoms with Gasteiger partial charge in [-0.25, -0.2) is 0 Å². The van der Waals surface area contributed by atoms with Gasteiger partial charge < -0.3 is 21.1 Å². The Hall–Kier alpha value is -1.18. The van der Waals surface area contributed by atoms with Crippen LogP contribution >= 0.6 is 0 Å². The van der Waals surface area contributed by atoms with Crippen LogP contribution in [-0.4, -0.2) is 79.1 Å². The lowest BCUT2D eigenvalue weighted by Crippen LogP contribution is -2.48. The molecule has 0 aromatic carbocycles. The molecule has 0 saturated carbocycles. The predicted molar refractivity (Wildman–Crippen MR) is 67.2 cm³/mol. The number of rotatable bonds is 6. The number of carboxylic acids is 1. The Morgan fingerprint density at radius 2 is 1.94 bits per heavy atom. The highest BCUT2D eigenvalue weighted by molar-refractivity contribution is 5.85. The van der Waals surface area contributed by atoms with Crippen LogP contribution in [0.5, 0.6) is 0 Å². The first-order valence-corrected chi connectivity index (χ1v) is 6.15. The molecule has 1 aliphatic heterocycles. The van der Waals surface area contributed by atoms with Crippen molar-refractivity contribution < 1.29 is 14.7 Å². The van der Waals surface area contributed by atoms with Crippen LogP contribution in [0.4, 0.5) is 0 Å². The summed E-state index contributed by atoms with van der Waals surface area (Å²) < 4.78 is 0. The minimum Gasteiger partial charge on any atom is -0.481 e. The van der Waals surface area contributed by atoms with Gasteiger partial charge >= 0.3 is 5.97 Å². The molecule has 7 nitrogen and oxygen atoms in total. The molecular formula is C11H22N4O3. The fourth-order valence-corrected chi connectivity index (χ4v) is 1.82. The van der Waals surface area contributed by atoms with Gasteiger partial charge in [0, 0.05) is 39.3 Å². The molecule has 1 saturated heterocycles. The Labute approximate surface area is 107 Å². The standard InChI is InChI=1S/C11H22N4O3/c1-14-4-6-15(7-5-14)3-2-13-11(18)9(12)8-10(16)17/h9H,2-8,12H2,1H3,(H,13,18)(H,16,17). The van der Waals surface area contributed by atoms with Crippen LogP contribution in [0.2, 0.25) is 0 Å². The molecule has 1 heterocycles. The summed E-state index contributed by atoms with van der Waals surface area (Å²) in [7, 11) is 2.09. The second kappa shape index (κ2) is 7.30. The summed E-state index contributed by atoms with van der Waals surface area (Å²) in [6.45, 7) is 5.34. The third kappa shape index (κ3) is 5.44. The van der Waals surface area contributed by atoms with E-state index < -0.39 is 17.9 Å². The van der Waals surface area contributed by atoms with E-state index >= 15 is 0 Å². The van der Waals surface area contributed by atoms with Crippen LogP contribution in [0.1, 0.15) is 6.42 Å². The smallest absolute Gasteiger partial charge is 0.305 e. The largest absolute Gasteiger partial charge is 0.481 e. The molecule has 0 radical (unpaired) electrons. The molecule has 0 spiro atoms. The van der Waals surface area contributed by atoms with Crippen LogP contribution in [0.3, 0.4) is 0 Å². The summed E-state index contributed by atoms with van der Waals surface area (Å²) >= 11 is 0. The Bertz CT molecular complexity index is 290. The maximum absolute atomic E-state index is 11.4. The first-order valence-electron chi connectivity index (χ1n) is 6.15. The van der Waals surface area contributed by atoms with Gasteiger partial charge in [-0.2, -0.15) is 0 Å². The van der Waals surface area contributed by atoms with E-state index in [2.05, 4.69) is 22.2 Å². The molecule has 1 atom stereocenters. The second-order valence-electron chi connectivity index (χ2n) is 4.64. The molecule has 1 rings (SSSR count). The van der Waals surface area contributed by atoms with Gasteiger partial charge in [-0.15, -0.1) is 0 Å². The zero-order valence-corrected chi connectivity index (χ0v) is 10.8. The van der Waals surface area contributed by atoms with E-state index in [1.54, 1.807) is 0 Å². The fraction of sp³-hybridized carbons (Fsp3) is 0.818. The number of hydrogen-bond donors (Lipinski definition) is 3. The average Bonchev–Trinajstić information content (AvgIpc) is 2.30. The van der Waals surface area contributed by atoms with Crippen LogP contribution < -0.4 is 11.1 Å². The van der Waals surface area contributed by atoms with Crippen molar-refractivity contribution in [3.8, 4) is 0 Å². The van der Waals surface area contributed by atoms with Gasteiger partial charge in [0.2, 0.25) is 5.91 Å². The molecule has 0 aromatic rings. The van der Waals surface area contributed by atoms with Gasteiger partial charge in [0.25, 0.3) is 0 Å². The zero-order valence-electron chi connectivity index (χ0n) is 10.8. The van der Waals surface area contributed by atoms with Gasteiger partial charge in [0.1, 0.15) is 0 Å². The SMILES string of the molecule is CN1CCN(CCNC(=O)C(N)CC(=O)O)CC1. The van der Waals surface area contributed by atoms with Crippen molar-refractivity contribution in [2.24, 2.45) is 5.73 Å². The molecule has 0 aromatic heterocycles. The van der Waals surface area contributed by atoms with Crippen molar-refractivity contribution in [2.75, 3.05) is 46.3 Å². The number of nitrogens with zero attached hydrogens (tertiary/aromatic N) is 2. The Morgan fingerprint density at radius 1 is 1.33 bits per heavy atom. The van der Waals surface area contributed by atoms with Crippen molar-refractivity contribution in [1.29, 1.82) is 0 Å². The van der Waals surface area contributed by atoms with E-state index in [4.69, 9.17) is 10.8 Å². The zero-order chi connectivity index (χ0) is 13.5. The topological polar surface area (TPSA) is 98.9 Å². The van der Waals surface area contributed by atoms with Crippen molar-refractivity contribution in [3.05, 3.63) is 0 Å². The molecule has 1 unspecified atom stereocenters. The van der Waals surface area contributed by atoms with E-state index in [1.165, 1.54) is 0 Å². The molecule has 4 N–H and O–H groups in total. The lowest BCUT2D eigenvalue weighted by Gasteiger charge is -2.32. The summed E-state index contributed by atoms with van der Waals surface area (Å²) in [5.41, 5.74) is 5.44. The van der Waals surface area contributed by atoms with E-state index in [1.807, 2.05) is 0 Å². The predicted octanol–water partition coefficient (Wildman–Crippen LogP) is -1.85. The summed E-state index contributed by atoms with van der Waals surface area (Å²) in [6, 6.07) is -0.963. The quantitative estimate of drug-likeness (QED) is 0.517. The molecule has 0 aliphatic carbocycles. The minimum absolute atomic E-state index is 0.333. The third-order valence-corrected chi connectivity index (χ3v) is 3.05. The van der Waals surface area contributed by atoms with Gasteiger partial charge in [-0.3, -0.25) is 14.5 Å². The van der Waals surface area contributed by atoms with E-state index in [9.17, 15) is 9.59 Å². The summed E-state index contributed by atoms with van der Waals surface area (Å²) in [5.74, 6) is -1.46. The minimum atomic E-state index is -1.06. The first-order chi connectivity index (χ1) is 8.49. The van der Waals surface area contributed by atoms with Gasteiger partial charge in [0.05, 0.1) is 12.5 Å². The molecule has 1 aliphatic rings. The highest BCUT2D eigenvalue weighted by Gasteiger charge is 2.17. The molecule has 0 bridgehead atoms. The number of likely N-dealkylation sites (N-methyl/N-ethyl adjacent to an activating group) is 1. The van der Waals surface area contributed by atoms with E-state index in [0.717, 1.165) is 32.7 Å². The van der Waals surface area contributed by atoms with Crippen molar-refractivity contribution in [3.63, 3.8) is 0 Å². The highest BCUT2D eigenvalue weighted by atomic mass is 16.4. The maximum atomic E-state index is 11.4. The molecule has 18 heavy (non-hydrogen) atoms. The van der Waals surface area contributed by atoms with Crippen LogP contribution in [-0.2, 0) is 9.59 Å². The van der Waals surface area contributed by atoms with Gasteiger partial charge in [0.15, 0.2) is 0 Å². The number of nitrogens with one attached hydrogen (secondary N) is 1. The Kier molecular flexibility index (Phi) is 6.03. The normalized spacial score (nSPS) is 19.4. The number of aliphatic carboxylic acids is 1. The Morgan fingerprint density at radius 3 is 2.50 bits per heavy atom. The monoisotopic (exact) mass is 258 g/mol. The molecule has 104 valence electrons. The summed E-state index contributed by atoms with van der Waals surface area (Å²) in [6.07, 6.45) is -0.333. The average molecular weight is 258 g/mol. The summed E-state index contributed by atoms with van der Waals surface area (Å²) in [4.78, 5) is 26.4. The van der Waals surface area contributed by atoms with Crippen molar-refractivity contribution in [2.45, 2.75) is 12.5 Å². The first kappa shape index (κ1) is 14.9. The summed E-state index contributed by atoms with van der Waals surface area (Å²) in [5, 5.41) is 11.2. The second-order valence-corrected chi connectivity index (χ2v) is 4.64. The van der Waals surface area contributed by atoms with Crippen molar-refractivity contribution >= 4 is 11.9 Å². The third-order valence-electron chi connectivity index (χ3n) is 3.05. The number of carbonyl (C=O) groups excluding carboxylic acids is 1. The molecular weight excluding hydrogens is 236 g/mol. The lowest BCUT2D eigenvalue weighted by molar-refractivity contribution is -0.139. The number of carboxylic acid groups (broad SMARTS) is 1. The number of carbonyl (C=O) groups is 2. The number of nitrogens with two attached hydrogens (primary N) is 1. The van der Waals surface area contributed by atoms with Crippen molar-refractivity contribution in [1.82, 2.24) is 15.1 Å². The van der Waals surface area contributed by atoms with Crippen LogP contribution in [0, 0.1) is 0 Å². The molecule has 1 fully saturated rings. The number of amides is 1. The molecule has 7 heteroatoms. The highest BCUT2D eigenvalue weighted by Crippen LogP contribution is 1.97. The van der Waals surface area contributed by atoms with E-state index in [-0.39, 0.29) is 6.42 Å². The van der Waals surface area contributed by atoms with E-state index in [0.29, 0.717) is 6.54 Å².